The summed E-state index contributed by atoms with van der Waals surface area (Å²) in [5, 5.41) is 0. The van der Waals surface area contributed by atoms with Gasteiger partial charge in [0.15, 0.2) is 0 Å². The van der Waals surface area contributed by atoms with Gasteiger partial charge in [0.2, 0.25) is 0 Å². The summed E-state index contributed by atoms with van der Waals surface area (Å²) >= 11 is 0. The molecule has 0 spiro atoms. The van der Waals surface area contributed by atoms with E-state index in [0.717, 1.165) is 24.2 Å². The van der Waals surface area contributed by atoms with Crippen LogP contribution in [-0.2, 0) is 25.7 Å². The van der Waals surface area contributed by atoms with Gasteiger partial charge in [0.05, 0.1) is 22.8 Å². The molecule has 2 nitrogen and oxygen atoms in total. The van der Waals surface area contributed by atoms with E-state index in [0.29, 0.717) is 0 Å². The highest BCUT2D eigenvalue weighted by molar-refractivity contribution is 6.43. The number of nitrogens with zero attached hydrogens (tertiary/aromatic N) is 2. The highest BCUT2D eigenvalue weighted by Crippen LogP contribution is 2.28. The highest BCUT2D eigenvalue weighted by Gasteiger charge is 2.14. The van der Waals surface area contributed by atoms with Crippen LogP contribution in [0.4, 0.5) is 11.4 Å². The molecule has 0 amide bonds. The van der Waals surface area contributed by atoms with E-state index >= 15 is 0 Å². The maximum Gasteiger partial charge on any atom is 0.0636 e. The van der Waals surface area contributed by atoms with Crippen molar-refractivity contribution in [3.63, 3.8) is 0 Å². The number of benzene rings is 2. The van der Waals surface area contributed by atoms with Crippen LogP contribution in [0.3, 0.4) is 0 Å². The number of hydrogen-bond acceptors (Lipinski definition) is 2. The average Bonchev–Trinajstić information content (AvgIpc) is 3.38. The van der Waals surface area contributed by atoms with Gasteiger partial charge in [0.1, 0.15) is 0 Å². The third kappa shape index (κ3) is 35.6. The molecule has 2 aromatic rings. The molecule has 2 rings (SSSR count). The van der Waals surface area contributed by atoms with Crippen molar-refractivity contribution < 1.29 is 0 Å². The second-order valence-electron chi connectivity index (χ2n) is 22.6. The Morgan fingerprint density at radius 3 is 0.732 bits per heavy atom. The Labute approximate surface area is 445 Å². The van der Waals surface area contributed by atoms with Gasteiger partial charge in [-0.3, -0.25) is 9.98 Å². The predicted molar refractivity (Wildman–Crippen MR) is 324 cm³/mol. The molecule has 0 heterocycles. The van der Waals surface area contributed by atoms with Gasteiger partial charge >= 0.3 is 0 Å². The lowest BCUT2D eigenvalue weighted by Crippen LogP contribution is -2.14. The molecule has 0 fully saturated rings. The van der Waals surface area contributed by atoms with Crippen LogP contribution >= 0.6 is 0 Å². The van der Waals surface area contributed by atoms with Crippen LogP contribution in [0.2, 0.25) is 0 Å². The first-order valence-electron chi connectivity index (χ1n) is 32.5. The van der Waals surface area contributed by atoms with Crippen molar-refractivity contribution in [3.05, 3.63) is 58.7 Å². The molecule has 0 aromatic heterocycles. The van der Waals surface area contributed by atoms with Gasteiger partial charge in [-0.05, 0) is 124 Å². The van der Waals surface area contributed by atoms with E-state index in [1.54, 1.807) is 22.3 Å². The maximum absolute atomic E-state index is 5.63. The van der Waals surface area contributed by atoms with Gasteiger partial charge in [-0.2, -0.15) is 0 Å². The summed E-state index contributed by atoms with van der Waals surface area (Å²) in [5.41, 5.74) is 11.0. The van der Waals surface area contributed by atoms with E-state index in [9.17, 15) is 0 Å². The predicted octanol–water partition coefficient (Wildman–Crippen LogP) is 24.4. The van der Waals surface area contributed by atoms with Crippen molar-refractivity contribution in [1.82, 2.24) is 0 Å². The summed E-state index contributed by atoms with van der Waals surface area (Å²) in [7, 11) is 0. The summed E-state index contributed by atoms with van der Waals surface area (Å²) in [6.07, 6.45) is 66.2. The second kappa shape index (κ2) is 48.7. The lowest BCUT2D eigenvalue weighted by atomic mass is 9.96. The molecule has 0 aliphatic rings. The van der Waals surface area contributed by atoms with E-state index in [1.165, 1.54) is 313 Å². The van der Waals surface area contributed by atoms with Gasteiger partial charge in [0, 0.05) is 0 Å². The minimum atomic E-state index is 1.02. The van der Waals surface area contributed by atoms with Gasteiger partial charge in [-0.25, -0.2) is 0 Å². The Morgan fingerprint density at radius 1 is 0.239 bits per heavy atom. The molecule has 2 aromatic carbocycles. The van der Waals surface area contributed by atoms with Crippen molar-refractivity contribution in [3.8, 4) is 0 Å². The largest absolute Gasteiger partial charge is 0.252 e. The van der Waals surface area contributed by atoms with Crippen LogP contribution in [0.5, 0.6) is 0 Å². The fourth-order valence-electron chi connectivity index (χ4n) is 10.9. The molecular weight excluding hydrogens is 857 g/mol. The normalized spacial score (nSPS) is 12.2. The van der Waals surface area contributed by atoms with Gasteiger partial charge < -0.3 is 0 Å². The molecule has 0 saturated heterocycles. The highest BCUT2D eigenvalue weighted by atomic mass is 14.8. The van der Waals surface area contributed by atoms with Gasteiger partial charge in [0.25, 0.3) is 0 Å². The van der Waals surface area contributed by atoms with Crippen molar-refractivity contribution in [2.75, 3.05) is 0 Å². The van der Waals surface area contributed by atoms with Crippen LogP contribution in [0, 0.1) is 0 Å². The minimum Gasteiger partial charge on any atom is -0.252 e. The first kappa shape index (κ1) is 64.9. The molecule has 0 saturated carbocycles. The zero-order valence-electron chi connectivity index (χ0n) is 49.0. The molecule has 71 heavy (non-hydrogen) atoms. The molecule has 2 heteroatoms. The molecule has 0 bridgehead atoms. The molecule has 0 aliphatic heterocycles. The number of unbranched alkanes of at least 4 members (excludes halogenated alkanes) is 37. The summed E-state index contributed by atoms with van der Waals surface area (Å²) < 4.78 is 0. The molecule has 0 radical (unpaired) electrons. The molecule has 0 N–H and O–H groups in total. The fraction of sp³-hybridized carbons (Fsp3) is 0.797. The fourth-order valence-corrected chi connectivity index (χ4v) is 10.9. The minimum absolute atomic E-state index is 1.02. The standard InChI is InChI=1S/C69H122N2/c1-7-13-19-20-21-22-23-24-25-26-27-28-29-30-31-32-33-34-35-36-37-38-39-40-41-42-43-49-55-69(71-67-59-57-63(51-45-15-9-3)65(61-67)53-47-17-11-5)68(54-48-18-12-6)70-66-58-56-62(50-44-14-8-2)64(60-66)52-46-16-10-4/h56-61H,7-55H2,1-6H3. The Kier molecular flexibility index (Phi) is 44.5. The van der Waals surface area contributed by atoms with Crippen molar-refractivity contribution in [2.24, 2.45) is 9.98 Å². The van der Waals surface area contributed by atoms with Crippen LogP contribution in [0.1, 0.15) is 353 Å². The molecule has 0 unspecified atom stereocenters. The summed E-state index contributed by atoms with van der Waals surface area (Å²) in [5.74, 6) is 0. The lowest BCUT2D eigenvalue weighted by molar-refractivity contribution is 0.514. The average molecular weight is 980 g/mol. The third-order valence-corrected chi connectivity index (χ3v) is 15.7. The molecule has 408 valence electrons. The molecule has 0 atom stereocenters. The summed E-state index contributed by atoms with van der Waals surface area (Å²) in [6.45, 7) is 13.9. The van der Waals surface area contributed by atoms with Crippen LogP contribution in [-0.4, -0.2) is 11.4 Å². The zero-order chi connectivity index (χ0) is 50.9. The Hall–Kier alpha value is -2.22. The monoisotopic (exact) mass is 979 g/mol. The van der Waals surface area contributed by atoms with E-state index in [-0.39, 0.29) is 0 Å². The topological polar surface area (TPSA) is 24.7 Å². The number of rotatable bonds is 52. The molecular formula is C69H122N2. The third-order valence-electron chi connectivity index (χ3n) is 15.7. The Balaban J connectivity index is 1.91. The van der Waals surface area contributed by atoms with Crippen molar-refractivity contribution in [1.29, 1.82) is 0 Å². The second-order valence-corrected chi connectivity index (χ2v) is 22.6. The first-order chi connectivity index (χ1) is 35.1. The summed E-state index contributed by atoms with van der Waals surface area (Å²) in [4.78, 5) is 11.2. The zero-order valence-corrected chi connectivity index (χ0v) is 49.0. The van der Waals surface area contributed by atoms with E-state index < -0.39 is 0 Å². The van der Waals surface area contributed by atoms with Crippen LogP contribution < -0.4 is 0 Å². The summed E-state index contributed by atoms with van der Waals surface area (Å²) in [6, 6.07) is 14.5. The van der Waals surface area contributed by atoms with Crippen molar-refractivity contribution in [2.45, 2.75) is 356 Å². The van der Waals surface area contributed by atoms with Crippen molar-refractivity contribution >= 4 is 22.8 Å². The maximum atomic E-state index is 5.63. The van der Waals surface area contributed by atoms with E-state index in [1.807, 2.05) is 0 Å². The van der Waals surface area contributed by atoms with E-state index in [4.69, 9.17) is 9.98 Å². The smallest absolute Gasteiger partial charge is 0.0636 e. The van der Waals surface area contributed by atoms with Gasteiger partial charge in [-0.1, -0.05) is 291 Å². The Morgan fingerprint density at radius 2 is 0.451 bits per heavy atom. The van der Waals surface area contributed by atoms with E-state index in [2.05, 4.69) is 77.9 Å². The number of aliphatic imine (C=N–C) groups is 2. The van der Waals surface area contributed by atoms with Gasteiger partial charge in [-0.15, -0.1) is 0 Å². The number of aryl methyl sites for hydroxylation is 4. The first-order valence-corrected chi connectivity index (χ1v) is 32.5. The SMILES string of the molecule is CCCCCCCCCCCCCCCCCCCCCCCCCCCCCCC(=Nc1ccc(CCCCC)c(CCCCC)c1)C(CCCCC)=Nc1ccc(CCCCC)c(CCCCC)c1. The molecule has 0 aliphatic carbocycles. The van der Waals surface area contributed by atoms with Crippen LogP contribution in [0.15, 0.2) is 46.4 Å². The quantitative estimate of drug-likeness (QED) is 0.0466. The lowest BCUT2D eigenvalue weighted by Gasteiger charge is -2.15. The number of hydrogen-bond donors (Lipinski definition) is 0. The van der Waals surface area contributed by atoms with Crippen LogP contribution in [0.25, 0.3) is 0 Å². The Bertz CT molecular complexity index is 1530.